The summed E-state index contributed by atoms with van der Waals surface area (Å²) in [5, 5.41) is 5.80. The molecular formula is C25H24N6O3S. The number of aromatic amines is 1. The van der Waals surface area contributed by atoms with Gasteiger partial charge in [0.05, 0.1) is 11.1 Å². The maximum atomic E-state index is 13.6. The zero-order valence-corrected chi connectivity index (χ0v) is 19.7. The molecule has 1 aromatic carbocycles. The number of piperazine rings is 1. The number of hydrogen-bond acceptors (Lipinski definition) is 6. The number of fused-ring (bicyclic) bond motifs is 1. The summed E-state index contributed by atoms with van der Waals surface area (Å²) < 4.78 is 0. The number of H-pyrrole nitrogens is 1. The van der Waals surface area contributed by atoms with E-state index in [1.165, 1.54) is 29.9 Å². The second-order valence-electron chi connectivity index (χ2n) is 8.28. The molecule has 10 heteroatoms. The zero-order chi connectivity index (χ0) is 24.2. The molecule has 5 rings (SSSR count). The maximum absolute atomic E-state index is 13.6. The Bertz CT molecular complexity index is 1330. The van der Waals surface area contributed by atoms with Crippen LogP contribution in [0.25, 0.3) is 10.9 Å². The number of amides is 3. The van der Waals surface area contributed by atoms with E-state index < -0.39 is 6.04 Å². The Morgan fingerprint density at radius 2 is 1.83 bits per heavy atom. The topological polar surface area (TPSA) is 111 Å². The van der Waals surface area contributed by atoms with Crippen LogP contribution in [0, 0.1) is 0 Å². The fraction of sp³-hybridized carbons (Fsp3) is 0.240. The minimum atomic E-state index is -0.731. The Labute approximate surface area is 205 Å². The molecule has 3 amide bonds. The highest BCUT2D eigenvalue weighted by molar-refractivity contribution is 7.12. The Morgan fingerprint density at radius 1 is 1.03 bits per heavy atom. The maximum Gasteiger partial charge on any atom is 0.274 e. The number of thiophene rings is 1. The summed E-state index contributed by atoms with van der Waals surface area (Å²) >= 11 is 1.33. The molecule has 3 aromatic heterocycles. The van der Waals surface area contributed by atoms with Crippen LogP contribution in [0.15, 0.2) is 66.6 Å². The van der Waals surface area contributed by atoms with Gasteiger partial charge in [-0.1, -0.05) is 24.3 Å². The number of nitrogens with zero attached hydrogens (tertiary/aromatic N) is 4. The van der Waals surface area contributed by atoms with Crippen molar-refractivity contribution in [3.8, 4) is 0 Å². The number of aromatic nitrogens is 3. The van der Waals surface area contributed by atoms with Crippen molar-refractivity contribution < 1.29 is 14.4 Å². The lowest BCUT2D eigenvalue weighted by atomic mass is 10.0. The molecule has 0 aliphatic carbocycles. The molecule has 1 unspecified atom stereocenters. The van der Waals surface area contributed by atoms with Gasteiger partial charge in [-0.25, -0.2) is 4.98 Å². The summed E-state index contributed by atoms with van der Waals surface area (Å²) in [7, 11) is 0. The van der Waals surface area contributed by atoms with Crippen molar-refractivity contribution in [2.75, 3.05) is 26.2 Å². The minimum Gasteiger partial charge on any atom is -0.361 e. The molecule has 0 spiro atoms. The molecule has 1 aliphatic rings. The molecule has 1 atom stereocenters. The first-order valence-corrected chi connectivity index (χ1v) is 12.2. The van der Waals surface area contributed by atoms with Gasteiger partial charge in [0.15, 0.2) is 0 Å². The molecule has 0 radical (unpaired) electrons. The fourth-order valence-electron chi connectivity index (χ4n) is 4.28. The molecule has 1 saturated heterocycles. The van der Waals surface area contributed by atoms with Gasteiger partial charge in [-0.15, -0.1) is 11.3 Å². The van der Waals surface area contributed by atoms with Gasteiger partial charge in [0.1, 0.15) is 11.7 Å². The van der Waals surface area contributed by atoms with E-state index in [9.17, 15) is 14.4 Å². The first-order chi connectivity index (χ1) is 17.1. The molecule has 35 heavy (non-hydrogen) atoms. The molecule has 1 aliphatic heterocycles. The van der Waals surface area contributed by atoms with Gasteiger partial charge in [-0.3, -0.25) is 19.4 Å². The normalized spacial score (nSPS) is 14.6. The molecule has 178 valence electrons. The van der Waals surface area contributed by atoms with Crippen LogP contribution in [-0.2, 0) is 11.2 Å². The zero-order valence-electron chi connectivity index (χ0n) is 18.9. The third kappa shape index (κ3) is 4.92. The van der Waals surface area contributed by atoms with Gasteiger partial charge in [0.25, 0.3) is 11.8 Å². The van der Waals surface area contributed by atoms with Crippen LogP contribution < -0.4 is 5.32 Å². The van der Waals surface area contributed by atoms with E-state index in [0.717, 1.165) is 16.5 Å². The second kappa shape index (κ2) is 10.1. The Kier molecular flexibility index (Phi) is 6.53. The van der Waals surface area contributed by atoms with Crippen molar-refractivity contribution in [1.82, 2.24) is 30.1 Å². The lowest BCUT2D eigenvalue weighted by Gasteiger charge is -2.36. The number of nitrogens with one attached hydrogen (secondary N) is 2. The van der Waals surface area contributed by atoms with Crippen molar-refractivity contribution in [2.24, 2.45) is 0 Å². The van der Waals surface area contributed by atoms with Gasteiger partial charge in [0.2, 0.25) is 5.91 Å². The van der Waals surface area contributed by atoms with Gasteiger partial charge in [0, 0.05) is 62.1 Å². The molecule has 1 fully saturated rings. The van der Waals surface area contributed by atoms with E-state index in [1.807, 2.05) is 41.9 Å². The Balaban J connectivity index is 1.31. The summed E-state index contributed by atoms with van der Waals surface area (Å²) in [6, 6.07) is 10.7. The highest BCUT2D eigenvalue weighted by atomic mass is 32.1. The number of carbonyl (C=O) groups is 3. The molecule has 0 saturated carbocycles. The fourth-order valence-corrected chi connectivity index (χ4v) is 4.91. The summed E-state index contributed by atoms with van der Waals surface area (Å²) in [5.74, 6) is -0.631. The van der Waals surface area contributed by atoms with E-state index in [1.54, 1.807) is 15.9 Å². The number of hydrogen-bond donors (Lipinski definition) is 2. The Morgan fingerprint density at radius 3 is 2.57 bits per heavy atom. The van der Waals surface area contributed by atoms with Crippen molar-refractivity contribution in [2.45, 2.75) is 12.5 Å². The lowest BCUT2D eigenvalue weighted by molar-refractivity contribution is -0.134. The predicted molar refractivity (Wildman–Crippen MR) is 132 cm³/mol. The van der Waals surface area contributed by atoms with Gasteiger partial charge in [-0.2, -0.15) is 0 Å². The highest BCUT2D eigenvalue weighted by Crippen LogP contribution is 2.20. The number of para-hydroxylation sites is 1. The van der Waals surface area contributed by atoms with E-state index in [4.69, 9.17) is 0 Å². The van der Waals surface area contributed by atoms with Crippen LogP contribution in [0.5, 0.6) is 0 Å². The van der Waals surface area contributed by atoms with E-state index in [-0.39, 0.29) is 23.4 Å². The van der Waals surface area contributed by atoms with E-state index in [2.05, 4.69) is 20.3 Å². The summed E-state index contributed by atoms with van der Waals surface area (Å²) in [4.78, 5) is 54.3. The SMILES string of the molecule is O=C(NC(Cc1c[nH]c2ccccc12)C(=O)N1CCN(C(=O)c2cnccn2)CC1)c1cccs1. The Hall–Kier alpha value is -4.05. The van der Waals surface area contributed by atoms with Crippen LogP contribution in [0.4, 0.5) is 0 Å². The second-order valence-corrected chi connectivity index (χ2v) is 9.22. The van der Waals surface area contributed by atoms with Gasteiger partial charge >= 0.3 is 0 Å². The molecular weight excluding hydrogens is 464 g/mol. The monoisotopic (exact) mass is 488 g/mol. The lowest BCUT2D eigenvalue weighted by Crippen LogP contribution is -2.56. The third-order valence-corrected chi connectivity index (χ3v) is 6.98. The van der Waals surface area contributed by atoms with Crippen LogP contribution in [0.3, 0.4) is 0 Å². The van der Waals surface area contributed by atoms with Gasteiger partial charge < -0.3 is 20.1 Å². The average molecular weight is 489 g/mol. The summed E-state index contributed by atoms with van der Waals surface area (Å²) in [5.41, 5.74) is 2.23. The van der Waals surface area contributed by atoms with Crippen LogP contribution in [-0.4, -0.2) is 74.7 Å². The molecule has 4 heterocycles. The smallest absolute Gasteiger partial charge is 0.274 e. The quantitative estimate of drug-likeness (QED) is 0.433. The number of rotatable bonds is 6. The predicted octanol–water partition coefficient (Wildman–Crippen LogP) is 2.35. The average Bonchev–Trinajstić information content (AvgIpc) is 3.59. The van der Waals surface area contributed by atoms with Crippen molar-refractivity contribution in [3.63, 3.8) is 0 Å². The van der Waals surface area contributed by atoms with Crippen LogP contribution in [0.1, 0.15) is 25.7 Å². The third-order valence-electron chi connectivity index (χ3n) is 6.11. The largest absolute Gasteiger partial charge is 0.361 e. The first-order valence-electron chi connectivity index (χ1n) is 11.3. The van der Waals surface area contributed by atoms with E-state index >= 15 is 0 Å². The van der Waals surface area contributed by atoms with Gasteiger partial charge in [-0.05, 0) is 23.1 Å². The molecule has 4 aromatic rings. The van der Waals surface area contributed by atoms with E-state index in [0.29, 0.717) is 37.5 Å². The summed E-state index contributed by atoms with van der Waals surface area (Å²) in [6.07, 6.45) is 6.69. The molecule has 2 N–H and O–H groups in total. The van der Waals surface area contributed by atoms with Crippen molar-refractivity contribution >= 4 is 40.0 Å². The van der Waals surface area contributed by atoms with Crippen LogP contribution >= 0.6 is 11.3 Å². The van der Waals surface area contributed by atoms with Crippen LogP contribution in [0.2, 0.25) is 0 Å². The molecule has 9 nitrogen and oxygen atoms in total. The molecule has 0 bridgehead atoms. The highest BCUT2D eigenvalue weighted by Gasteiger charge is 2.31. The number of carbonyl (C=O) groups excluding carboxylic acids is 3. The standard InChI is InChI=1S/C25H24N6O3S/c32-23(22-6-3-13-35-22)29-20(14-17-15-28-19-5-2-1-4-18(17)19)24(33)30-9-11-31(12-10-30)25(34)21-16-26-7-8-27-21/h1-8,13,15-16,20,28H,9-12,14H2,(H,29,32). The van der Waals surface area contributed by atoms with Crippen molar-refractivity contribution in [1.29, 1.82) is 0 Å². The minimum absolute atomic E-state index is 0.160. The summed E-state index contributed by atoms with van der Waals surface area (Å²) in [6.45, 7) is 1.54. The number of benzene rings is 1. The van der Waals surface area contributed by atoms with Crippen molar-refractivity contribution in [3.05, 3.63) is 82.7 Å². The first kappa shape index (κ1) is 22.7.